The molecule has 3 aromatic rings. The molecule has 1 amide bonds. The molecule has 0 atom stereocenters. The van der Waals surface area contributed by atoms with Crippen molar-refractivity contribution in [3.05, 3.63) is 71.2 Å². The van der Waals surface area contributed by atoms with Crippen LogP contribution in [-0.2, 0) is 0 Å². The van der Waals surface area contributed by atoms with Crippen LogP contribution >= 0.6 is 11.3 Å². The van der Waals surface area contributed by atoms with Gasteiger partial charge in [0.05, 0.1) is 0 Å². The Morgan fingerprint density at radius 3 is 2.25 bits per heavy atom. The van der Waals surface area contributed by atoms with E-state index in [2.05, 4.69) is 9.88 Å². The first-order chi connectivity index (χ1) is 13.6. The zero-order valence-electron chi connectivity index (χ0n) is 15.7. The molecule has 0 radical (unpaired) electrons. The van der Waals surface area contributed by atoms with Crippen molar-refractivity contribution < 1.29 is 9.59 Å². The number of hydrogen-bond acceptors (Lipinski definition) is 5. The molecule has 1 aliphatic rings. The van der Waals surface area contributed by atoms with Gasteiger partial charge >= 0.3 is 0 Å². The van der Waals surface area contributed by atoms with Crippen LogP contribution in [0.3, 0.4) is 0 Å². The number of hydrogen-bond donors (Lipinski definition) is 0. The predicted molar refractivity (Wildman–Crippen MR) is 112 cm³/mol. The maximum absolute atomic E-state index is 12.8. The van der Waals surface area contributed by atoms with Gasteiger partial charge in [-0.1, -0.05) is 30.3 Å². The Morgan fingerprint density at radius 2 is 1.61 bits per heavy atom. The molecule has 0 spiro atoms. The highest BCUT2D eigenvalue weighted by atomic mass is 32.1. The van der Waals surface area contributed by atoms with Gasteiger partial charge in [0, 0.05) is 48.4 Å². The van der Waals surface area contributed by atoms with Gasteiger partial charge in [-0.25, -0.2) is 4.98 Å². The van der Waals surface area contributed by atoms with Crippen LogP contribution in [0.2, 0.25) is 0 Å². The molecule has 0 aliphatic carbocycles. The minimum Gasteiger partial charge on any atom is -0.368 e. The van der Waals surface area contributed by atoms with Crippen LogP contribution in [0.15, 0.2) is 60.0 Å². The molecule has 28 heavy (non-hydrogen) atoms. The fourth-order valence-electron chi connectivity index (χ4n) is 3.32. The van der Waals surface area contributed by atoms with Gasteiger partial charge in [0.15, 0.2) is 5.78 Å². The molecule has 0 bridgehead atoms. The van der Waals surface area contributed by atoms with Gasteiger partial charge in [-0.3, -0.25) is 9.59 Å². The zero-order chi connectivity index (χ0) is 19.5. The highest BCUT2D eigenvalue weighted by molar-refractivity contribution is 7.13. The first-order valence-corrected chi connectivity index (χ1v) is 10.2. The van der Waals surface area contributed by atoms with Crippen LogP contribution in [0.5, 0.6) is 0 Å². The van der Waals surface area contributed by atoms with E-state index in [-0.39, 0.29) is 11.7 Å². The van der Waals surface area contributed by atoms with Crippen molar-refractivity contribution in [3.63, 3.8) is 0 Å². The summed E-state index contributed by atoms with van der Waals surface area (Å²) in [5.41, 5.74) is 3.35. The summed E-state index contributed by atoms with van der Waals surface area (Å²) >= 11 is 1.50. The molecule has 142 valence electrons. The third-order valence-electron chi connectivity index (χ3n) is 4.95. The molecule has 0 saturated carbocycles. The number of amides is 1. The standard InChI is InChI=1S/C22H21N3O2S/c1-16(26)17-7-9-19(10-8-17)24-11-13-25(14-12-24)22(27)20-15-28-21(23-20)18-5-3-2-4-6-18/h2-10,15H,11-14H2,1H3. The van der Waals surface area contributed by atoms with E-state index >= 15 is 0 Å². The molecule has 2 aromatic carbocycles. The second-order valence-electron chi connectivity index (χ2n) is 6.79. The average Bonchev–Trinajstić information content (AvgIpc) is 3.24. The second-order valence-corrected chi connectivity index (χ2v) is 7.64. The Morgan fingerprint density at radius 1 is 0.929 bits per heavy atom. The average molecular weight is 391 g/mol. The third kappa shape index (κ3) is 3.82. The first-order valence-electron chi connectivity index (χ1n) is 9.28. The fourth-order valence-corrected chi connectivity index (χ4v) is 4.12. The number of anilines is 1. The number of rotatable bonds is 4. The molecule has 0 unspecified atom stereocenters. The van der Waals surface area contributed by atoms with Crippen LogP contribution in [0.25, 0.3) is 10.6 Å². The van der Waals surface area contributed by atoms with Crippen LogP contribution in [-0.4, -0.2) is 47.8 Å². The summed E-state index contributed by atoms with van der Waals surface area (Å²) in [6, 6.07) is 17.6. The minimum absolute atomic E-state index is 0.00925. The van der Waals surface area contributed by atoms with Gasteiger partial charge in [0.1, 0.15) is 10.7 Å². The van der Waals surface area contributed by atoms with Gasteiger partial charge in [0.25, 0.3) is 5.91 Å². The minimum atomic E-state index is -0.00925. The molecule has 4 rings (SSSR count). The summed E-state index contributed by atoms with van der Waals surface area (Å²) in [7, 11) is 0. The lowest BCUT2D eigenvalue weighted by molar-refractivity contribution is 0.0741. The summed E-state index contributed by atoms with van der Waals surface area (Å²) in [5.74, 6) is 0.0603. The summed E-state index contributed by atoms with van der Waals surface area (Å²) in [6.45, 7) is 4.42. The Labute approximate surface area is 168 Å². The normalized spacial score (nSPS) is 14.2. The monoisotopic (exact) mass is 391 g/mol. The fraction of sp³-hybridized carbons (Fsp3) is 0.227. The van der Waals surface area contributed by atoms with Crippen LogP contribution in [0, 0.1) is 0 Å². The van der Waals surface area contributed by atoms with Crippen LogP contribution < -0.4 is 4.90 Å². The Hall–Kier alpha value is -2.99. The summed E-state index contributed by atoms with van der Waals surface area (Å²) in [6.07, 6.45) is 0. The van der Waals surface area contributed by atoms with Gasteiger partial charge in [-0.15, -0.1) is 11.3 Å². The number of thiazole rings is 1. The number of carbonyl (C=O) groups is 2. The van der Waals surface area contributed by atoms with E-state index in [1.54, 1.807) is 6.92 Å². The van der Waals surface area contributed by atoms with Crippen molar-refractivity contribution in [2.24, 2.45) is 0 Å². The van der Waals surface area contributed by atoms with Crippen molar-refractivity contribution in [2.75, 3.05) is 31.1 Å². The number of Topliss-reactive ketones (excluding diaryl/α,β-unsaturated/α-hetero) is 1. The van der Waals surface area contributed by atoms with Gasteiger partial charge in [-0.05, 0) is 31.2 Å². The number of piperazine rings is 1. The quantitative estimate of drug-likeness (QED) is 0.632. The molecule has 5 nitrogen and oxygen atoms in total. The number of aromatic nitrogens is 1. The highest BCUT2D eigenvalue weighted by Crippen LogP contribution is 2.24. The van der Waals surface area contributed by atoms with E-state index in [9.17, 15) is 9.59 Å². The lowest BCUT2D eigenvalue weighted by atomic mass is 10.1. The number of carbonyl (C=O) groups excluding carboxylic acids is 2. The predicted octanol–water partition coefficient (Wildman–Crippen LogP) is 3.98. The number of nitrogens with zero attached hydrogens (tertiary/aromatic N) is 3. The molecular formula is C22H21N3O2S. The lowest BCUT2D eigenvalue weighted by Gasteiger charge is -2.35. The Balaban J connectivity index is 1.39. The summed E-state index contributed by atoms with van der Waals surface area (Å²) in [5, 5.41) is 2.71. The van der Waals surface area contributed by atoms with E-state index in [1.807, 2.05) is 64.9 Å². The topological polar surface area (TPSA) is 53.5 Å². The smallest absolute Gasteiger partial charge is 0.273 e. The molecular weight excluding hydrogens is 370 g/mol. The largest absolute Gasteiger partial charge is 0.368 e. The maximum atomic E-state index is 12.8. The summed E-state index contributed by atoms with van der Waals surface area (Å²) in [4.78, 5) is 32.9. The number of ketones is 1. The Kier molecular flexibility index (Phi) is 5.21. The Bertz CT molecular complexity index is 975. The highest BCUT2D eigenvalue weighted by Gasteiger charge is 2.24. The van der Waals surface area contributed by atoms with Crippen molar-refractivity contribution in [1.29, 1.82) is 0 Å². The molecule has 6 heteroatoms. The third-order valence-corrected chi connectivity index (χ3v) is 5.84. The van der Waals surface area contributed by atoms with Gasteiger partial charge < -0.3 is 9.80 Å². The SMILES string of the molecule is CC(=O)c1ccc(N2CCN(C(=O)c3csc(-c4ccccc4)n3)CC2)cc1. The van der Waals surface area contributed by atoms with E-state index in [0.717, 1.165) is 34.9 Å². The van der Waals surface area contributed by atoms with E-state index in [1.165, 1.54) is 11.3 Å². The lowest BCUT2D eigenvalue weighted by Crippen LogP contribution is -2.48. The van der Waals surface area contributed by atoms with Crippen LogP contribution in [0.4, 0.5) is 5.69 Å². The van der Waals surface area contributed by atoms with E-state index in [0.29, 0.717) is 18.8 Å². The number of benzene rings is 2. The molecule has 1 aliphatic heterocycles. The zero-order valence-corrected chi connectivity index (χ0v) is 16.5. The van der Waals surface area contributed by atoms with Crippen molar-refractivity contribution in [3.8, 4) is 10.6 Å². The van der Waals surface area contributed by atoms with Gasteiger partial charge in [-0.2, -0.15) is 0 Å². The van der Waals surface area contributed by atoms with Gasteiger partial charge in [0.2, 0.25) is 0 Å². The molecule has 2 heterocycles. The first kappa shape index (κ1) is 18.4. The summed E-state index contributed by atoms with van der Waals surface area (Å²) < 4.78 is 0. The van der Waals surface area contributed by atoms with Crippen molar-refractivity contribution in [1.82, 2.24) is 9.88 Å². The molecule has 1 saturated heterocycles. The van der Waals surface area contributed by atoms with Crippen LogP contribution in [0.1, 0.15) is 27.8 Å². The van der Waals surface area contributed by atoms with E-state index < -0.39 is 0 Å². The van der Waals surface area contributed by atoms with Crippen molar-refractivity contribution in [2.45, 2.75) is 6.92 Å². The molecule has 1 fully saturated rings. The van der Waals surface area contributed by atoms with Crippen molar-refractivity contribution >= 4 is 28.7 Å². The molecule has 1 aromatic heterocycles. The maximum Gasteiger partial charge on any atom is 0.273 e. The molecule has 0 N–H and O–H groups in total. The second kappa shape index (κ2) is 7.94. The van der Waals surface area contributed by atoms with E-state index in [4.69, 9.17) is 0 Å².